The van der Waals surface area contributed by atoms with Crippen LogP contribution in [0.15, 0.2) is 96.0 Å². The number of nitrogens with one attached hydrogen (secondary N) is 2. The Hall–Kier alpha value is -3.46. The number of benzene rings is 3. The van der Waals surface area contributed by atoms with Gasteiger partial charge >= 0.3 is 0 Å². The van der Waals surface area contributed by atoms with Gasteiger partial charge in [0.2, 0.25) is 15.9 Å². The molecule has 3 aromatic carbocycles. The van der Waals surface area contributed by atoms with Gasteiger partial charge in [0.15, 0.2) is 0 Å². The predicted octanol–water partition coefficient (Wildman–Crippen LogP) is 4.18. The number of carbonyl (C=O) groups is 1. The van der Waals surface area contributed by atoms with E-state index in [1.165, 1.54) is 12.1 Å². The molecule has 0 fully saturated rings. The maximum Gasteiger partial charge on any atom is 0.242 e. The number of rotatable bonds is 9. The summed E-state index contributed by atoms with van der Waals surface area (Å²) in [5.41, 5.74) is 3.46. The Labute approximate surface area is 203 Å². The fourth-order valence-corrected chi connectivity index (χ4v) is 4.96. The molecule has 0 aliphatic rings. The molecule has 34 heavy (non-hydrogen) atoms. The molecular weight excluding hydrogens is 472 g/mol. The number of nitrogens with zero attached hydrogens (tertiary/aromatic N) is 2. The molecule has 0 atom stereocenters. The van der Waals surface area contributed by atoms with E-state index in [1.54, 1.807) is 16.8 Å². The Morgan fingerprint density at radius 1 is 0.912 bits per heavy atom. The Kier molecular flexibility index (Phi) is 7.42. The molecular formula is C25H23ClN4O3S. The summed E-state index contributed by atoms with van der Waals surface area (Å²) in [5.74, 6) is -0.284. The molecule has 9 heteroatoms. The van der Waals surface area contributed by atoms with E-state index < -0.39 is 10.0 Å². The maximum atomic E-state index is 12.4. The molecule has 0 spiro atoms. The summed E-state index contributed by atoms with van der Waals surface area (Å²) in [6.07, 6.45) is 1.87. The molecule has 0 saturated heterocycles. The average molecular weight is 495 g/mol. The van der Waals surface area contributed by atoms with E-state index in [9.17, 15) is 13.2 Å². The lowest BCUT2D eigenvalue weighted by molar-refractivity contribution is -0.121. The van der Waals surface area contributed by atoms with Gasteiger partial charge in [-0.1, -0.05) is 72.3 Å². The lowest BCUT2D eigenvalue weighted by atomic mass is 10.1. The van der Waals surface area contributed by atoms with Crippen LogP contribution in [0.4, 0.5) is 0 Å². The first-order valence-electron chi connectivity index (χ1n) is 10.6. The van der Waals surface area contributed by atoms with Crippen LogP contribution in [0.3, 0.4) is 0 Å². The van der Waals surface area contributed by atoms with E-state index in [1.807, 2.05) is 66.9 Å². The van der Waals surface area contributed by atoms with Crippen molar-refractivity contribution >= 4 is 27.5 Å². The first-order valence-corrected chi connectivity index (χ1v) is 12.5. The molecule has 174 valence electrons. The highest BCUT2D eigenvalue weighted by molar-refractivity contribution is 7.89. The standard InChI is InChI=1S/C25H23ClN4O3S/c26-22-13-7-8-14-23(22)34(32,33)28-16-15-24(31)27-17-20-18-30(21-11-5-2-6-12-21)29-25(20)19-9-3-1-4-10-19/h1-14,18,28H,15-17H2,(H,27,31). The predicted molar refractivity (Wildman–Crippen MR) is 132 cm³/mol. The fraction of sp³-hybridized carbons (Fsp3) is 0.120. The lowest BCUT2D eigenvalue weighted by Crippen LogP contribution is -2.30. The first-order chi connectivity index (χ1) is 16.4. The molecule has 2 N–H and O–H groups in total. The molecule has 0 saturated carbocycles. The van der Waals surface area contributed by atoms with Crippen LogP contribution in [0, 0.1) is 0 Å². The topological polar surface area (TPSA) is 93.1 Å². The van der Waals surface area contributed by atoms with E-state index in [0.29, 0.717) is 0 Å². The second kappa shape index (κ2) is 10.6. The summed E-state index contributed by atoms with van der Waals surface area (Å²) in [4.78, 5) is 12.4. The summed E-state index contributed by atoms with van der Waals surface area (Å²) >= 11 is 5.97. The molecule has 0 unspecified atom stereocenters. The van der Waals surface area contributed by atoms with Crippen molar-refractivity contribution in [3.8, 4) is 16.9 Å². The van der Waals surface area contributed by atoms with Crippen LogP contribution in [-0.4, -0.2) is 30.7 Å². The van der Waals surface area contributed by atoms with E-state index in [2.05, 4.69) is 10.0 Å². The quantitative estimate of drug-likeness (QED) is 0.365. The number of para-hydroxylation sites is 1. The second-order valence-electron chi connectivity index (χ2n) is 7.50. The van der Waals surface area contributed by atoms with E-state index in [4.69, 9.17) is 16.7 Å². The zero-order valence-electron chi connectivity index (χ0n) is 18.2. The highest BCUT2D eigenvalue weighted by atomic mass is 35.5. The summed E-state index contributed by atoms with van der Waals surface area (Å²) in [7, 11) is -3.80. The fourth-order valence-electron chi connectivity index (χ4n) is 3.41. The van der Waals surface area contributed by atoms with Crippen molar-refractivity contribution in [2.24, 2.45) is 0 Å². The van der Waals surface area contributed by atoms with Gasteiger partial charge in [-0.3, -0.25) is 4.79 Å². The molecule has 1 aromatic heterocycles. The van der Waals surface area contributed by atoms with Crippen molar-refractivity contribution in [1.29, 1.82) is 0 Å². The summed E-state index contributed by atoms with van der Waals surface area (Å²) in [6.45, 7) is 0.210. The molecule has 1 heterocycles. The highest BCUT2D eigenvalue weighted by Crippen LogP contribution is 2.24. The second-order valence-corrected chi connectivity index (χ2v) is 9.65. The van der Waals surface area contributed by atoms with Crippen molar-refractivity contribution < 1.29 is 13.2 Å². The Morgan fingerprint density at radius 3 is 2.26 bits per heavy atom. The summed E-state index contributed by atoms with van der Waals surface area (Å²) < 4.78 is 29.0. The smallest absolute Gasteiger partial charge is 0.242 e. The van der Waals surface area contributed by atoms with Crippen LogP contribution in [0.2, 0.25) is 5.02 Å². The van der Waals surface area contributed by atoms with E-state index in [0.717, 1.165) is 22.5 Å². The minimum atomic E-state index is -3.80. The molecule has 4 aromatic rings. The minimum absolute atomic E-state index is 0.0158. The monoisotopic (exact) mass is 494 g/mol. The summed E-state index contributed by atoms with van der Waals surface area (Å²) in [5, 5.41) is 7.71. The Morgan fingerprint density at radius 2 is 1.56 bits per heavy atom. The Balaban J connectivity index is 1.41. The first kappa shape index (κ1) is 23.7. The van der Waals surface area contributed by atoms with Crippen LogP contribution in [0.5, 0.6) is 0 Å². The third-order valence-electron chi connectivity index (χ3n) is 5.10. The van der Waals surface area contributed by atoms with Gasteiger partial charge in [-0.2, -0.15) is 5.10 Å². The number of aromatic nitrogens is 2. The minimum Gasteiger partial charge on any atom is -0.352 e. The van der Waals surface area contributed by atoms with Gasteiger partial charge in [-0.05, 0) is 24.3 Å². The van der Waals surface area contributed by atoms with Crippen molar-refractivity contribution in [1.82, 2.24) is 19.8 Å². The molecule has 0 aliphatic carbocycles. The highest BCUT2D eigenvalue weighted by Gasteiger charge is 2.18. The van der Waals surface area contributed by atoms with Crippen LogP contribution in [0.1, 0.15) is 12.0 Å². The number of amides is 1. The molecule has 0 aliphatic heterocycles. The molecule has 0 bridgehead atoms. The summed E-state index contributed by atoms with van der Waals surface area (Å²) in [6, 6.07) is 25.6. The van der Waals surface area contributed by atoms with Crippen molar-refractivity contribution in [3.05, 3.63) is 102 Å². The normalized spacial score (nSPS) is 11.3. The van der Waals surface area contributed by atoms with Gasteiger partial charge < -0.3 is 5.32 Å². The molecule has 4 rings (SSSR count). The maximum absolute atomic E-state index is 12.4. The van der Waals surface area contributed by atoms with Crippen LogP contribution < -0.4 is 10.0 Å². The van der Waals surface area contributed by atoms with Gasteiger partial charge in [0.1, 0.15) is 4.90 Å². The van der Waals surface area contributed by atoms with Crippen molar-refractivity contribution in [2.45, 2.75) is 17.9 Å². The SMILES string of the molecule is O=C(CCNS(=O)(=O)c1ccccc1Cl)NCc1cn(-c2ccccc2)nc1-c1ccccc1. The van der Waals surface area contributed by atoms with E-state index >= 15 is 0 Å². The van der Waals surface area contributed by atoms with Gasteiger partial charge in [-0.15, -0.1) is 0 Å². The Bertz CT molecular complexity index is 1370. The number of halogens is 1. The van der Waals surface area contributed by atoms with Crippen LogP contribution in [-0.2, 0) is 21.4 Å². The van der Waals surface area contributed by atoms with Crippen LogP contribution in [0.25, 0.3) is 16.9 Å². The van der Waals surface area contributed by atoms with Crippen molar-refractivity contribution in [3.63, 3.8) is 0 Å². The van der Waals surface area contributed by atoms with Gasteiger partial charge in [-0.25, -0.2) is 17.8 Å². The number of sulfonamides is 1. The zero-order valence-corrected chi connectivity index (χ0v) is 19.8. The molecule has 0 radical (unpaired) electrons. The van der Waals surface area contributed by atoms with Crippen molar-refractivity contribution in [2.75, 3.05) is 6.54 Å². The number of hydrogen-bond acceptors (Lipinski definition) is 4. The molecule has 7 nitrogen and oxygen atoms in total. The number of carbonyl (C=O) groups excluding carboxylic acids is 1. The van der Waals surface area contributed by atoms with Gasteiger partial charge in [0.05, 0.1) is 16.4 Å². The van der Waals surface area contributed by atoms with Crippen LogP contribution >= 0.6 is 11.6 Å². The lowest BCUT2D eigenvalue weighted by Gasteiger charge is -2.09. The third kappa shape index (κ3) is 5.72. The average Bonchev–Trinajstić information content (AvgIpc) is 3.28. The number of hydrogen-bond donors (Lipinski definition) is 2. The van der Waals surface area contributed by atoms with E-state index in [-0.39, 0.29) is 35.3 Å². The third-order valence-corrected chi connectivity index (χ3v) is 7.07. The van der Waals surface area contributed by atoms with Gasteiger partial charge in [0, 0.05) is 36.8 Å². The van der Waals surface area contributed by atoms with Gasteiger partial charge in [0.25, 0.3) is 0 Å². The largest absolute Gasteiger partial charge is 0.352 e. The molecule has 1 amide bonds. The zero-order chi connectivity index (χ0) is 24.0.